The number of amides is 1. The third-order valence-corrected chi connectivity index (χ3v) is 5.92. The molecule has 0 fully saturated rings. The lowest BCUT2D eigenvalue weighted by Gasteiger charge is -2.06. The van der Waals surface area contributed by atoms with Crippen molar-refractivity contribution in [1.82, 2.24) is 9.38 Å². The van der Waals surface area contributed by atoms with Gasteiger partial charge >= 0.3 is 0 Å². The number of hydrogen-bond acceptors (Lipinski definition) is 4. The van der Waals surface area contributed by atoms with Crippen LogP contribution < -0.4 is 10.9 Å². The fraction of sp³-hybridized carbons (Fsp3) is 0.105. The first-order valence-electron chi connectivity index (χ1n) is 8.25. The highest BCUT2D eigenvalue weighted by molar-refractivity contribution is 7.73. The largest absolute Gasteiger partial charge is 0.321 e. The molecule has 2 aromatic heterocycles. The third kappa shape index (κ3) is 3.18. The van der Waals surface area contributed by atoms with Gasteiger partial charge in [0, 0.05) is 10.7 Å². The van der Waals surface area contributed by atoms with E-state index in [1.54, 1.807) is 22.6 Å². The number of anilines is 1. The molecule has 2 heterocycles. The van der Waals surface area contributed by atoms with E-state index in [0.29, 0.717) is 36.1 Å². The first-order valence-corrected chi connectivity index (χ1v) is 9.85. The molecule has 136 valence electrons. The fourth-order valence-electron chi connectivity index (χ4n) is 2.93. The van der Waals surface area contributed by atoms with Crippen molar-refractivity contribution in [1.29, 1.82) is 0 Å². The van der Waals surface area contributed by atoms with Gasteiger partial charge in [0.1, 0.15) is 10.5 Å². The minimum Gasteiger partial charge on any atom is -0.321 e. The van der Waals surface area contributed by atoms with Crippen LogP contribution in [0.1, 0.15) is 22.2 Å². The van der Waals surface area contributed by atoms with Gasteiger partial charge in [0.2, 0.25) is 0 Å². The van der Waals surface area contributed by atoms with E-state index in [0.717, 1.165) is 17.8 Å². The number of aryl methyl sites for hydroxylation is 1. The number of aromatic amines is 1. The number of rotatable bonds is 3. The molecular formula is C19H14ClN3O2S2. The van der Waals surface area contributed by atoms with Gasteiger partial charge in [-0.15, -0.1) is 0 Å². The van der Waals surface area contributed by atoms with Crippen molar-refractivity contribution in [3.63, 3.8) is 0 Å². The van der Waals surface area contributed by atoms with Gasteiger partial charge in [-0.3, -0.25) is 14.0 Å². The number of carbonyl (C=O) groups excluding carboxylic acids is 1. The van der Waals surface area contributed by atoms with Crippen LogP contribution in [0.2, 0.25) is 5.02 Å². The Balaban J connectivity index is 1.83. The number of thiazole rings is 1. The van der Waals surface area contributed by atoms with E-state index < -0.39 is 0 Å². The van der Waals surface area contributed by atoms with Gasteiger partial charge in [-0.1, -0.05) is 42.0 Å². The van der Waals surface area contributed by atoms with Crippen molar-refractivity contribution < 1.29 is 4.79 Å². The van der Waals surface area contributed by atoms with E-state index >= 15 is 0 Å². The van der Waals surface area contributed by atoms with Crippen LogP contribution in [0.5, 0.6) is 0 Å². The van der Waals surface area contributed by atoms with Crippen LogP contribution in [0.15, 0.2) is 47.3 Å². The third-order valence-electron chi connectivity index (χ3n) is 4.31. The standard InChI is InChI=1S/C19H14ClN3O2S2/c1-2-10-3-6-12(7-4-10)21-18(25)15-16-22-17(24)13-9-11(20)5-8-14(13)23(16)19(26)27-15/h3-9H,2H2,1H3,(H,21,25)(H,22,24). The highest BCUT2D eigenvalue weighted by Crippen LogP contribution is 2.25. The van der Waals surface area contributed by atoms with Gasteiger partial charge in [0.15, 0.2) is 3.95 Å². The average Bonchev–Trinajstić information content (AvgIpc) is 2.99. The summed E-state index contributed by atoms with van der Waals surface area (Å²) in [7, 11) is 0. The maximum Gasteiger partial charge on any atom is 0.269 e. The van der Waals surface area contributed by atoms with Crippen molar-refractivity contribution in [2.24, 2.45) is 0 Å². The summed E-state index contributed by atoms with van der Waals surface area (Å²) >= 11 is 12.6. The minimum absolute atomic E-state index is 0.318. The number of hydrogen-bond donors (Lipinski definition) is 2. The smallest absolute Gasteiger partial charge is 0.269 e. The summed E-state index contributed by atoms with van der Waals surface area (Å²) in [6, 6.07) is 12.7. The number of benzene rings is 2. The zero-order valence-electron chi connectivity index (χ0n) is 14.2. The van der Waals surface area contributed by atoms with Crippen molar-refractivity contribution >= 4 is 63.3 Å². The van der Waals surface area contributed by atoms with Gasteiger partial charge in [0.25, 0.3) is 11.5 Å². The van der Waals surface area contributed by atoms with Crippen molar-refractivity contribution in [2.75, 3.05) is 5.32 Å². The molecule has 4 aromatic rings. The fourth-order valence-corrected chi connectivity index (χ4v) is 4.38. The van der Waals surface area contributed by atoms with E-state index in [-0.39, 0.29) is 11.5 Å². The lowest BCUT2D eigenvalue weighted by Crippen LogP contribution is -2.15. The summed E-state index contributed by atoms with van der Waals surface area (Å²) in [6.07, 6.45) is 0.929. The first-order chi connectivity index (χ1) is 13.0. The normalized spacial score (nSPS) is 11.2. The molecule has 1 amide bonds. The van der Waals surface area contributed by atoms with Crippen LogP contribution in [0.25, 0.3) is 16.6 Å². The molecule has 27 heavy (non-hydrogen) atoms. The number of aromatic nitrogens is 2. The second kappa shape index (κ2) is 6.92. The van der Waals surface area contributed by atoms with E-state index in [9.17, 15) is 9.59 Å². The zero-order valence-corrected chi connectivity index (χ0v) is 16.6. The number of H-pyrrole nitrogens is 1. The van der Waals surface area contributed by atoms with E-state index in [2.05, 4.69) is 17.2 Å². The molecule has 0 saturated heterocycles. The Labute approximate surface area is 168 Å². The lowest BCUT2D eigenvalue weighted by molar-refractivity contribution is 0.103. The summed E-state index contributed by atoms with van der Waals surface area (Å²) < 4.78 is 2.17. The van der Waals surface area contributed by atoms with Gasteiger partial charge in [0.05, 0.1) is 10.9 Å². The monoisotopic (exact) mass is 415 g/mol. The molecular weight excluding hydrogens is 402 g/mol. The quantitative estimate of drug-likeness (QED) is 0.460. The number of carbonyl (C=O) groups is 1. The Morgan fingerprint density at radius 1 is 1.26 bits per heavy atom. The van der Waals surface area contributed by atoms with Crippen molar-refractivity contribution in [3.8, 4) is 0 Å². The molecule has 2 aromatic carbocycles. The van der Waals surface area contributed by atoms with E-state index in [1.165, 1.54) is 5.56 Å². The number of halogens is 1. The molecule has 0 atom stereocenters. The van der Waals surface area contributed by atoms with Crippen LogP contribution in [0, 0.1) is 3.95 Å². The Morgan fingerprint density at radius 2 is 2.00 bits per heavy atom. The molecule has 2 N–H and O–H groups in total. The molecule has 0 bridgehead atoms. The summed E-state index contributed by atoms with van der Waals surface area (Å²) in [5.41, 5.74) is 2.55. The SMILES string of the molecule is CCc1ccc(NC(=O)c2sc(=S)n3c2[nH]c(=O)c2cc(Cl)ccc23)cc1. The molecule has 0 aliphatic heterocycles. The summed E-state index contributed by atoms with van der Waals surface area (Å²) in [4.78, 5) is 28.4. The number of fused-ring (bicyclic) bond motifs is 3. The van der Waals surface area contributed by atoms with Crippen LogP contribution in [-0.4, -0.2) is 15.3 Å². The topological polar surface area (TPSA) is 66.4 Å². The van der Waals surface area contributed by atoms with Crippen LogP contribution in [0.3, 0.4) is 0 Å². The number of nitrogens with one attached hydrogen (secondary N) is 2. The van der Waals surface area contributed by atoms with Crippen LogP contribution >= 0.6 is 35.2 Å². The average molecular weight is 416 g/mol. The highest BCUT2D eigenvalue weighted by Gasteiger charge is 2.18. The van der Waals surface area contributed by atoms with Gasteiger partial charge in [-0.2, -0.15) is 0 Å². The molecule has 0 aliphatic rings. The maximum atomic E-state index is 12.8. The van der Waals surface area contributed by atoms with Crippen LogP contribution in [0.4, 0.5) is 5.69 Å². The van der Waals surface area contributed by atoms with Crippen molar-refractivity contribution in [2.45, 2.75) is 13.3 Å². The van der Waals surface area contributed by atoms with E-state index in [4.69, 9.17) is 23.8 Å². The Kier molecular flexibility index (Phi) is 4.59. The summed E-state index contributed by atoms with van der Waals surface area (Å²) in [6.45, 7) is 2.07. The molecule has 8 heteroatoms. The molecule has 5 nitrogen and oxygen atoms in total. The molecule has 0 spiro atoms. The Morgan fingerprint density at radius 3 is 2.70 bits per heavy atom. The summed E-state index contributed by atoms with van der Waals surface area (Å²) in [5.74, 6) is -0.318. The van der Waals surface area contributed by atoms with Gasteiger partial charge < -0.3 is 10.3 Å². The second-order valence-electron chi connectivity index (χ2n) is 6.00. The predicted molar refractivity (Wildman–Crippen MR) is 113 cm³/mol. The maximum absolute atomic E-state index is 12.8. The number of nitrogens with zero attached hydrogens (tertiary/aromatic N) is 1. The first kappa shape index (κ1) is 17.9. The predicted octanol–water partition coefficient (Wildman–Crippen LogP) is 5.04. The summed E-state index contributed by atoms with van der Waals surface area (Å²) in [5, 5.41) is 3.74. The molecule has 0 aliphatic carbocycles. The Hall–Kier alpha value is -2.48. The second-order valence-corrected chi connectivity index (χ2v) is 8.08. The van der Waals surface area contributed by atoms with Crippen molar-refractivity contribution in [3.05, 3.63) is 72.2 Å². The molecule has 0 radical (unpaired) electrons. The van der Waals surface area contributed by atoms with Gasteiger partial charge in [-0.05, 0) is 54.5 Å². The Bertz CT molecular complexity index is 1300. The minimum atomic E-state index is -0.318. The molecule has 0 unspecified atom stereocenters. The lowest BCUT2D eigenvalue weighted by atomic mass is 10.1. The van der Waals surface area contributed by atoms with E-state index in [1.807, 2.05) is 24.3 Å². The molecule has 4 rings (SSSR count). The van der Waals surface area contributed by atoms with Gasteiger partial charge in [-0.25, -0.2) is 0 Å². The molecule has 0 saturated carbocycles. The van der Waals surface area contributed by atoms with Crippen LogP contribution in [-0.2, 0) is 6.42 Å². The zero-order chi connectivity index (χ0) is 19.1. The highest BCUT2D eigenvalue weighted by atomic mass is 35.5.